The second-order valence-electron chi connectivity index (χ2n) is 5.41. The van der Waals surface area contributed by atoms with E-state index in [-0.39, 0.29) is 12.2 Å². The number of carbonyl (C=O) groups excluding carboxylic acids is 2. The molecule has 1 aliphatic rings. The topological polar surface area (TPSA) is 95.1 Å². The van der Waals surface area contributed by atoms with Gasteiger partial charge < -0.3 is 10.4 Å². The van der Waals surface area contributed by atoms with Gasteiger partial charge in [0.15, 0.2) is 11.4 Å². The lowest BCUT2D eigenvalue weighted by atomic mass is 9.87. The highest BCUT2D eigenvalue weighted by Gasteiger charge is 2.47. The fourth-order valence-corrected chi connectivity index (χ4v) is 3.13. The number of halogens is 1. The van der Waals surface area contributed by atoms with Crippen LogP contribution in [0.1, 0.15) is 33.7 Å². The van der Waals surface area contributed by atoms with Crippen LogP contribution in [0.5, 0.6) is 0 Å². The van der Waals surface area contributed by atoms with Gasteiger partial charge in [0, 0.05) is 21.4 Å². The number of aromatic nitrogens is 2. The summed E-state index contributed by atoms with van der Waals surface area (Å²) >= 11 is 3.31. The Morgan fingerprint density at radius 3 is 2.77 bits per heavy atom. The third-order valence-electron chi connectivity index (χ3n) is 3.87. The van der Waals surface area contributed by atoms with Crippen LogP contribution in [-0.4, -0.2) is 27.0 Å². The Morgan fingerprint density at radius 2 is 2.14 bits per heavy atom. The number of amides is 1. The predicted molar refractivity (Wildman–Crippen MR) is 83.7 cm³/mol. The van der Waals surface area contributed by atoms with E-state index in [0.717, 1.165) is 4.47 Å². The minimum absolute atomic E-state index is 0.325. The first-order valence-electron chi connectivity index (χ1n) is 6.71. The van der Waals surface area contributed by atoms with Crippen LogP contribution >= 0.6 is 15.9 Å². The Hall–Kier alpha value is -1.99. The van der Waals surface area contributed by atoms with Gasteiger partial charge in [0.25, 0.3) is 5.91 Å². The number of nitrogens with zero attached hydrogens (tertiary/aromatic N) is 1. The van der Waals surface area contributed by atoms with Gasteiger partial charge in [-0.15, -0.1) is 0 Å². The summed E-state index contributed by atoms with van der Waals surface area (Å²) in [6, 6.07) is 5.10. The molecule has 1 aromatic heterocycles. The number of aromatic amines is 1. The highest BCUT2D eigenvalue weighted by molar-refractivity contribution is 9.10. The van der Waals surface area contributed by atoms with E-state index in [4.69, 9.17) is 0 Å². The summed E-state index contributed by atoms with van der Waals surface area (Å²) in [4.78, 5) is 24.7. The van der Waals surface area contributed by atoms with Crippen LogP contribution in [0.4, 0.5) is 5.69 Å². The predicted octanol–water partition coefficient (Wildman–Crippen LogP) is 2.20. The number of aliphatic hydroxyl groups is 1. The molecule has 0 aliphatic carbocycles. The lowest BCUT2D eigenvalue weighted by molar-refractivity contribution is -0.133. The molecule has 1 amide bonds. The van der Waals surface area contributed by atoms with E-state index in [9.17, 15) is 14.7 Å². The molecule has 22 heavy (non-hydrogen) atoms. The number of hydrogen-bond acceptors (Lipinski definition) is 4. The first-order chi connectivity index (χ1) is 10.3. The second kappa shape index (κ2) is 5.03. The number of Topliss-reactive ketones (excluding diaryl/α,β-unsaturated/α-hetero) is 1. The van der Waals surface area contributed by atoms with Crippen molar-refractivity contribution in [1.82, 2.24) is 10.2 Å². The van der Waals surface area contributed by atoms with Crippen molar-refractivity contribution in [3.05, 3.63) is 45.2 Å². The van der Waals surface area contributed by atoms with Gasteiger partial charge in [-0.25, -0.2) is 0 Å². The second-order valence-corrected chi connectivity index (χ2v) is 6.33. The smallest absolute Gasteiger partial charge is 0.261 e. The molecule has 1 unspecified atom stereocenters. The standard InChI is InChI=1S/C15H14BrN3O3/c1-7-13(8(2)19-18-7)12(20)6-15(22)10-5-9(16)3-4-11(10)17-14(15)21/h3-5,22H,6H2,1-2H3,(H,17,21)(H,18,19). The van der Waals surface area contributed by atoms with Crippen molar-refractivity contribution in [3.8, 4) is 0 Å². The summed E-state index contributed by atoms with van der Waals surface area (Å²) in [5, 5.41) is 20.1. The number of nitrogens with one attached hydrogen (secondary N) is 2. The van der Waals surface area contributed by atoms with Crippen LogP contribution < -0.4 is 5.32 Å². The molecule has 0 radical (unpaired) electrons. The van der Waals surface area contributed by atoms with Crippen molar-refractivity contribution >= 4 is 33.3 Å². The molecule has 3 rings (SSSR count). The zero-order valence-corrected chi connectivity index (χ0v) is 13.6. The van der Waals surface area contributed by atoms with Crippen LogP contribution in [-0.2, 0) is 10.4 Å². The first-order valence-corrected chi connectivity index (χ1v) is 7.51. The SMILES string of the molecule is Cc1n[nH]c(C)c1C(=O)CC1(O)C(=O)Nc2ccc(Br)cc21. The number of rotatable bonds is 3. The molecule has 114 valence electrons. The number of benzene rings is 1. The fraction of sp³-hybridized carbons (Fsp3) is 0.267. The molecule has 0 saturated carbocycles. The molecule has 0 spiro atoms. The van der Waals surface area contributed by atoms with Crippen LogP contribution in [0.3, 0.4) is 0 Å². The van der Waals surface area contributed by atoms with Gasteiger partial charge in [-0.1, -0.05) is 15.9 Å². The maximum atomic E-state index is 12.5. The number of ketones is 1. The fourth-order valence-electron chi connectivity index (χ4n) is 2.77. The van der Waals surface area contributed by atoms with Gasteiger partial charge >= 0.3 is 0 Å². The van der Waals surface area contributed by atoms with Crippen LogP contribution in [0, 0.1) is 13.8 Å². The van der Waals surface area contributed by atoms with E-state index < -0.39 is 11.5 Å². The average molecular weight is 364 g/mol. The Morgan fingerprint density at radius 1 is 1.41 bits per heavy atom. The molecule has 0 fully saturated rings. The number of carbonyl (C=O) groups is 2. The highest BCUT2D eigenvalue weighted by Crippen LogP contribution is 2.40. The summed E-state index contributed by atoms with van der Waals surface area (Å²) in [5.74, 6) is -0.915. The van der Waals surface area contributed by atoms with Crippen molar-refractivity contribution < 1.29 is 14.7 Å². The maximum absolute atomic E-state index is 12.5. The molecule has 6 nitrogen and oxygen atoms in total. The third-order valence-corrected chi connectivity index (χ3v) is 4.37. The molecular weight excluding hydrogens is 350 g/mol. The van der Waals surface area contributed by atoms with Crippen LogP contribution in [0.2, 0.25) is 0 Å². The molecule has 2 aromatic rings. The molecule has 1 aromatic carbocycles. The number of hydrogen-bond donors (Lipinski definition) is 3. The molecule has 7 heteroatoms. The summed E-state index contributed by atoms with van der Waals surface area (Å²) in [6.45, 7) is 3.44. The molecular formula is C15H14BrN3O3. The normalized spacial score (nSPS) is 19.9. The minimum atomic E-state index is -1.87. The Balaban J connectivity index is 2.00. The monoisotopic (exact) mass is 363 g/mol. The molecule has 0 saturated heterocycles. The van der Waals surface area contributed by atoms with Crippen molar-refractivity contribution in [3.63, 3.8) is 0 Å². The summed E-state index contributed by atoms with van der Waals surface area (Å²) in [6.07, 6.45) is -0.330. The van der Waals surface area contributed by atoms with E-state index in [1.54, 1.807) is 32.0 Å². The van der Waals surface area contributed by atoms with Crippen LogP contribution in [0.15, 0.2) is 22.7 Å². The number of anilines is 1. The third kappa shape index (κ3) is 2.17. The van der Waals surface area contributed by atoms with Gasteiger partial charge in [-0.05, 0) is 32.0 Å². The number of fused-ring (bicyclic) bond motifs is 1. The Labute approximate surface area is 135 Å². The largest absolute Gasteiger partial charge is 0.375 e. The van der Waals surface area contributed by atoms with E-state index in [0.29, 0.717) is 28.2 Å². The van der Waals surface area contributed by atoms with Crippen molar-refractivity contribution in [2.24, 2.45) is 0 Å². The van der Waals surface area contributed by atoms with Gasteiger partial charge in [0.05, 0.1) is 17.7 Å². The van der Waals surface area contributed by atoms with Crippen molar-refractivity contribution in [1.29, 1.82) is 0 Å². The van der Waals surface area contributed by atoms with Crippen molar-refractivity contribution in [2.75, 3.05) is 5.32 Å². The molecule has 1 atom stereocenters. The first kappa shape index (κ1) is 14.9. The average Bonchev–Trinajstić information content (AvgIpc) is 2.90. The quantitative estimate of drug-likeness (QED) is 0.728. The van der Waals surface area contributed by atoms with Gasteiger partial charge in [0.2, 0.25) is 0 Å². The zero-order chi connectivity index (χ0) is 16.1. The lowest BCUT2D eigenvalue weighted by Crippen LogP contribution is -2.36. The number of H-pyrrole nitrogens is 1. The van der Waals surface area contributed by atoms with E-state index in [1.165, 1.54) is 0 Å². The Kier molecular flexibility index (Phi) is 3.41. The summed E-state index contributed by atoms with van der Waals surface area (Å²) in [7, 11) is 0. The zero-order valence-electron chi connectivity index (χ0n) is 12.0. The maximum Gasteiger partial charge on any atom is 0.261 e. The lowest BCUT2D eigenvalue weighted by Gasteiger charge is -2.20. The Bertz CT molecular complexity index is 780. The van der Waals surface area contributed by atoms with E-state index in [2.05, 4.69) is 31.4 Å². The molecule has 2 heterocycles. The summed E-state index contributed by atoms with van der Waals surface area (Å²) in [5.41, 5.74) is 0.651. The van der Waals surface area contributed by atoms with E-state index >= 15 is 0 Å². The molecule has 0 bridgehead atoms. The van der Waals surface area contributed by atoms with Gasteiger partial charge in [-0.2, -0.15) is 5.10 Å². The van der Waals surface area contributed by atoms with E-state index in [1.807, 2.05) is 0 Å². The number of aryl methyl sites for hydroxylation is 2. The molecule has 3 N–H and O–H groups in total. The van der Waals surface area contributed by atoms with Crippen molar-refractivity contribution in [2.45, 2.75) is 25.9 Å². The van der Waals surface area contributed by atoms with Gasteiger partial charge in [-0.3, -0.25) is 14.7 Å². The highest BCUT2D eigenvalue weighted by atomic mass is 79.9. The molecule has 1 aliphatic heterocycles. The summed E-state index contributed by atoms with van der Waals surface area (Å²) < 4.78 is 0.726. The minimum Gasteiger partial charge on any atom is -0.375 e. The van der Waals surface area contributed by atoms with Gasteiger partial charge in [0.1, 0.15) is 0 Å². The van der Waals surface area contributed by atoms with Crippen LogP contribution in [0.25, 0.3) is 0 Å².